The zero-order valence-electron chi connectivity index (χ0n) is 12.0. The van der Waals surface area contributed by atoms with Crippen molar-refractivity contribution in [3.05, 3.63) is 0 Å². The van der Waals surface area contributed by atoms with E-state index in [0.717, 1.165) is 24.9 Å². The molecule has 2 fully saturated rings. The van der Waals surface area contributed by atoms with E-state index in [4.69, 9.17) is 4.74 Å². The van der Waals surface area contributed by atoms with E-state index in [9.17, 15) is 0 Å². The maximum Gasteiger partial charge on any atom is 0.0832 e. The SMILES string of the molecule is CC(C)C1CCC(OC2CN(C(C)C)C2)CC1. The van der Waals surface area contributed by atoms with Gasteiger partial charge >= 0.3 is 0 Å². The van der Waals surface area contributed by atoms with Crippen LogP contribution in [0.1, 0.15) is 53.4 Å². The molecule has 17 heavy (non-hydrogen) atoms. The van der Waals surface area contributed by atoms with Crippen molar-refractivity contribution in [2.45, 2.75) is 71.6 Å². The largest absolute Gasteiger partial charge is 0.372 e. The molecule has 0 N–H and O–H groups in total. The zero-order valence-corrected chi connectivity index (χ0v) is 12.0. The van der Waals surface area contributed by atoms with Gasteiger partial charge in [-0.1, -0.05) is 13.8 Å². The molecule has 0 bridgehead atoms. The van der Waals surface area contributed by atoms with Crippen molar-refractivity contribution in [3.8, 4) is 0 Å². The predicted octanol–water partition coefficient (Wildman–Crippen LogP) is 3.31. The van der Waals surface area contributed by atoms with Crippen molar-refractivity contribution in [1.82, 2.24) is 4.90 Å². The van der Waals surface area contributed by atoms with Crippen LogP contribution < -0.4 is 0 Å². The summed E-state index contributed by atoms with van der Waals surface area (Å²) in [4.78, 5) is 2.49. The first-order chi connectivity index (χ1) is 8.06. The minimum Gasteiger partial charge on any atom is -0.372 e. The number of nitrogens with zero attached hydrogens (tertiary/aromatic N) is 1. The van der Waals surface area contributed by atoms with Crippen molar-refractivity contribution in [2.75, 3.05) is 13.1 Å². The molecule has 0 amide bonds. The van der Waals surface area contributed by atoms with Gasteiger partial charge < -0.3 is 4.74 Å². The highest BCUT2D eigenvalue weighted by Gasteiger charge is 2.32. The predicted molar refractivity (Wildman–Crippen MR) is 72.2 cm³/mol. The van der Waals surface area contributed by atoms with Crippen molar-refractivity contribution in [3.63, 3.8) is 0 Å². The summed E-state index contributed by atoms with van der Waals surface area (Å²) in [5.41, 5.74) is 0. The smallest absolute Gasteiger partial charge is 0.0832 e. The van der Waals surface area contributed by atoms with Gasteiger partial charge in [0, 0.05) is 19.1 Å². The molecule has 0 spiro atoms. The summed E-state index contributed by atoms with van der Waals surface area (Å²) in [5.74, 6) is 1.81. The van der Waals surface area contributed by atoms with Crippen LogP contribution in [0.4, 0.5) is 0 Å². The molecule has 0 unspecified atom stereocenters. The number of rotatable bonds is 4. The Morgan fingerprint density at radius 3 is 1.94 bits per heavy atom. The summed E-state index contributed by atoms with van der Waals surface area (Å²) in [6.07, 6.45) is 6.43. The second-order valence-electron chi connectivity index (χ2n) is 6.59. The molecular formula is C15H29NO. The van der Waals surface area contributed by atoms with E-state index >= 15 is 0 Å². The van der Waals surface area contributed by atoms with Gasteiger partial charge in [0.05, 0.1) is 12.2 Å². The van der Waals surface area contributed by atoms with Crippen LogP contribution in [0.3, 0.4) is 0 Å². The number of hydrogen-bond donors (Lipinski definition) is 0. The van der Waals surface area contributed by atoms with Gasteiger partial charge in [-0.25, -0.2) is 0 Å². The van der Waals surface area contributed by atoms with E-state index in [2.05, 4.69) is 32.6 Å². The third-order valence-corrected chi connectivity index (χ3v) is 4.65. The summed E-state index contributed by atoms with van der Waals surface area (Å²) in [6.45, 7) is 11.6. The summed E-state index contributed by atoms with van der Waals surface area (Å²) in [6, 6.07) is 0.687. The average molecular weight is 239 g/mol. The van der Waals surface area contributed by atoms with E-state index in [1.165, 1.54) is 25.7 Å². The normalized spacial score (nSPS) is 32.1. The molecule has 1 heterocycles. The molecule has 100 valence electrons. The number of ether oxygens (including phenoxy) is 1. The van der Waals surface area contributed by atoms with E-state index in [-0.39, 0.29) is 0 Å². The van der Waals surface area contributed by atoms with Crippen molar-refractivity contribution >= 4 is 0 Å². The first-order valence-electron chi connectivity index (χ1n) is 7.45. The number of likely N-dealkylation sites (tertiary alicyclic amines) is 1. The van der Waals surface area contributed by atoms with Crippen LogP contribution in [0.15, 0.2) is 0 Å². The lowest BCUT2D eigenvalue weighted by atomic mass is 9.80. The Balaban J connectivity index is 1.63. The van der Waals surface area contributed by atoms with Gasteiger partial charge in [0.25, 0.3) is 0 Å². The Kier molecular flexibility index (Phi) is 4.48. The molecule has 1 aliphatic carbocycles. The van der Waals surface area contributed by atoms with E-state index < -0.39 is 0 Å². The fraction of sp³-hybridized carbons (Fsp3) is 1.00. The summed E-state index contributed by atoms with van der Waals surface area (Å²) in [5, 5.41) is 0. The lowest BCUT2D eigenvalue weighted by molar-refractivity contribution is -0.113. The van der Waals surface area contributed by atoms with Gasteiger partial charge in [0.1, 0.15) is 0 Å². The van der Waals surface area contributed by atoms with Gasteiger partial charge in [-0.2, -0.15) is 0 Å². The summed E-state index contributed by atoms with van der Waals surface area (Å²) >= 11 is 0. The second kappa shape index (κ2) is 5.71. The van der Waals surface area contributed by atoms with Crippen LogP contribution in [0.25, 0.3) is 0 Å². The molecule has 0 radical (unpaired) electrons. The Hall–Kier alpha value is -0.0800. The highest BCUT2D eigenvalue weighted by Crippen LogP contribution is 2.32. The lowest BCUT2D eigenvalue weighted by Crippen LogP contribution is -2.56. The highest BCUT2D eigenvalue weighted by atomic mass is 16.5. The Bertz CT molecular complexity index is 225. The molecule has 0 aromatic carbocycles. The van der Waals surface area contributed by atoms with Crippen LogP contribution in [-0.4, -0.2) is 36.2 Å². The minimum absolute atomic E-state index is 0.526. The van der Waals surface area contributed by atoms with Crippen LogP contribution in [0.5, 0.6) is 0 Å². The van der Waals surface area contributed by atoms with Crippen molar-refractivity contribution < 1.29 is 4.74 Å². The third kappa shape index (κ3) is 3.45. The van der Waals surface area contributed by atoms with Gasteiger partial charge in [-0.05, 0) is 51.4 Å². The van der Waals surface area contributed by atoms with Gasteiger partial charge in [0.2, 0.25) is 0 Å². The maximum absolute atomic E-state index is 6.19. The van der Waals surface area contributed by atoms with Crippen molar-refractivity contribution in [2.24, 2.45) is 11.8 Å². The lowest BCUT2D eigenvalue weighted by Gasteiger charge is -2.44. The third-order valence-electron chi connectivity index (χ3n) is 4.65. The second-order valence-corrected chi connectivity index (χ2v) is 6.59. The van der Waals surface area contributed by atoms with E-state index in [1.54, 1.807) is 0 Å². The fourth-order valence-corrected chi connectivity index (χ4v) is 3.14. The first kappa shape index (κ1) is 13.4. The molecule has 0 atom stereocenters. The quantitative estimate of drug-likeness (QED) is 0.746. The first-order valence-corrected chi connectivity index (χ1v) is 7.45. The summed E-state index contributed by atoms with van der Waals surface area (Å²) < 4.78 is 6.19. The molecule has 2 aliphatic rings. The van der Waals surface area contributed by atoms with E-state index in [0.29, 0.717) is 18.2 Å². The zero-order chi connectivity index (χ0) is 12.4. The summed E-state index contributed by atoms with van der Waals surface area (Å²) in [7, 11) is 0. The van der Waals surface area contributed by atoms with Crippen LogP contribution in [0, 0.1) is 11.8 Å². The maximum atomic E-state index is 6.19. The van der Waals surface area contributed by atoms with Crippen LogP contribution in [0.2, 0.25) is 0 Å². The topological polar surface area (TPSA) is 12.5 Å². The molecule has 2 heteroatoms. The van der Waals surface area contributed by atoms with Gasteiger partial charge in [0.15, 0.2) is 0 Å². The molecule has 1 saturated carbocycles. The molecular weight excluding hydrogens is 210 g/mol. The van der Waals surface area contributed by atoms with Crippen LogP contribution >= 0.6 is 0 Å². The fourth-order valence-electron chi connectivity index (χ4n) is 3.14. The standard InChI is InChI=1S/C15H29NO/c1-11(2)13-5-7-14(8-6-13)17-15-9-16(10-15)12(3)4/h11-15H,5-10H2,1-4H3. The highest BCUT2D eigenvalue weighted by molar-refractivity contribution is 4.85. The monoisotopic (exact) mass is 239 g/mol. The number of hydrogen-bond acceptors (Lipinski definition) is 2. The minimum atomic E-state index is 0.526. The molecule has 1 aliphatic heterocycles. The molecule has 1 saturated heterocycles. The Morgan fingerprint density at radius 2 is 1.47 bits per heavy atom. The Labute approximate surface area is 107 Å². The van der Waals surface area contributed by atoms with Gasteiger partial charge in [-0.3, -0.25) is 4.90 Å². The molecule has 0 aromatic rings. The van der Waals surface area contributed by atoms with Gasteiger partial charge in [-0.15, -0.1) is 0 Å². The van der Waals surface area contributed by atoms with E-state index in [1.807, 2.05) is 0 Å². The van der Waals surface area contributed by atoms with Crippen molar-refractivity contribution in [1.29, 1.82) is 0 Å². The average Bonchev–Trinajstić information content (AvgIpc) is 2.23. The Morgan fingerprint density at radius 1 is 0.882 bits per heavy atom. The van der Waals surface area contributed by atoms with Crippen LogP contribution in [-0.2, 0) is 4.74 Å². The molecule has 2 nitrogen and oxygen atoms in total. The molecule has 2 rings (SSSR count). The molecule has 0 aromatic heterocycles.